The standard InChI is InChI=1S/C10H8F3N3/c11-10(12,13)8-3-1-4-9(7-8)15-16-6-2-5-14-16/h1-7,15H. The van der Waals surface area contributed by atoms with Gasteiger partial charge in [-0.05, 0) is 24.3 Å². The van der Waals surface area contributed by atoms with Crippen molar-refractivity contribution in [3.63, 3.8) is 0 Å². The van der Waals surface area contributed by atoms with E-state index < -0.39 is 11.7 Å². The first kappa shape index (κ1) is 10.5. The Labute approximate surface area is 89.5 Å². The summed E-state index contributed by atoms with van der Waals surface area (Å²) >= 11 is 0. The fraction of sp³-hybridized carbons (Fsp3) is 0.100. The Morgan fingerprint density at radius 3 is 2.62 bits per heavy atom. The fourth-order valence-corrected chi connectivity index (χ4v) is 1.23. The Bertz CT molecular complexity index is 462. The number of nitrogens with zero attached hydrogens (tertiary/aromatic N) is 2. The average Bonchev–Trinajstić information content (AvgIpc) is 2.70. The molecule has 0 fully saturated rings. The molecule has 2 aromatic rings. The molecule has 0 spiro atoms. The summed E-state index contributed by atoms with van der Waals surface area (Å²) < 4.78 is 37.2. The highest BCUT2D eigenvalue weighted by atomic mass is 19.4. The minimum atomic E-state index is -4.33. The third-order valence-electron chi connectivity index (χ3n) is 1.94. The van der Waals surface area contributed by atoms with E-state index in [1.807, 2.05) is 0 Å². The van der Waals surface area contributed by atoms with Gasteiger partial charge in [0.05, 0.1) is 17.4 Å². The predicted molar refractivity (Wildman–Crippen MR) is 52.7 cm³/mol. The Balaban J connectivity index is 2.23. The van der Waals surface area contributed by atoms with E-state index >= 15 is 0 Å². The molecule has 0 saturated carbocycles. The number of hydrogen-bond acceptors (Lipinski definition) is 2. The number of anilines is 1. The number of halogens is 3. The van der Waals surface area contributed by atoms with Gasteiger partial charge in [0.25, 0.3) is 0 Å². The molecule has 3 nitrogen and oxygen atoms in total. The second-order valence-corrected chi connectivity index (χ2v) is 3.14. The van der Waals surface area contributed by atoms with Crippen LogP contribution in [0.1, 0.15) is 5.56 Å². The van der Waals surface area contributed by atoms with Crippen molar-refractivity contribution in [3.8, 4) is 0 Å². The number of alkyl halides is 3. The molecule has 84 valence electrons. The molecule has 6 heteroatoms. The van der Waals surface area contributed by atoms with Crippen molar-refractivity contribution in [1.82, 2.24) is 9.89 Å². The average molecular weight is 227 g/mol. The second-order valence-electron chi connectivity index (χ2n) is 3.14. The Morgan fingerprint density at radius 1 is 1.19 bits per heavy atom. The van der Waals surface area contributed by atoms with E-state index in [0.717, 1.165) is 12.1 Å². The summed E-state index contributed by atoms with van der Waals surface area (Å²) in [6.45, 7) is 0. The summed E-state index contributed by atoms with van der Waals surface area (Å²) in [7, 11) is 0. The Kier molecular flexibility index (Phi) is 2.55. The molecule has 1 N–H and O–H groups in total. The Morgan fingerprint density at radius 2 is 2.00 bits per heavy atom. The lowest BCUT2D eigenvalue weighted by Gasteiger charge is -2.10. The number of benzene rings is 1. The minimum absolute atomic E-state index is 0.332. The van der Waals surface area contributed by atoms with E-state index in [2.05, 4.69) is 10.5 Å². The molecule has 0 atom stereocenters. The minimum Gasteiger partial charge on any atom is -0.278 e. The van der Waals surface area contributed by atoms with Gasteiger partial charge in [-0.1, -0.05) is 6.07 Å². The number of aromatic nitrogens is 2. The summed E-state index contributed by atoms with van der Waals surface area (Å²) in [5, 5.41) is 3.83. The monoisotopic (exact) mass is 227 g/mol. The topological polar surface area (TPSA) is 29.9 Å². The first-order chi connectivity index (χ1) is 7.55. The molecular weight excluding hydrogens is 219 g/mol. The first-order valence-corrected chi connectivity index (χ1v) is 4.49. The summed E-state index contributed by atoms with van der Waals surface area (Å²) in [5.74, 6) is 0. The molecule has 0 bridgehead atoms. The van der Waals surface area contributed by atoms with Crippen LogP contribution in [0, 0.1) is 0 Å². The molecule has 0 aliphatic rings. The number of nitrogens with one attached hydrogen (secondary N) is 1. The largest absolute Gasteiger partial charge is 0.416 e. The van der Waals surface area contributed by atoms with E-state index in [-0.39, 0.29) is 0 Å². The lowest BCUT2D eigenvalue weighted by molar-refractivity contribution is -0.137. The molecule has 2 rings (SSSR count). The summed E-state index contributed by atoms with van der Waals surface area (Å²) in [5.41, 5.74) is 2.34. The molecule has 0 aliphatic heterocycles. The van der Waals surface area contributed by atoms with Gasteiger partial charge in [0.15, 0.2) is 0 Å². The van der Waals surface area contributed by atoms with Crippen LogP contribution in [0.5, 0.6) is 0 Å². The van der Waals surface area contributed by atoms with Crippen LogP contribution in [0.4, 0.5) is 18.9 Å². The van der Waals surface area contributed by atoms with Crippen LogP contribution in [0.2, 0.25) is 0 Å². The van der Waals surface area contributed by atoms with Gasteiger partial charge in [-0.2, -0.15) is 23.1 Å². The number of hydrogen-bond donors (Lipinski definition) is 1. The van der Waals surface area contributed by atoms with Crippen LogP contribution >= 0.6 is 0 Å². The third-order valence-corrected chi connectivity index (χ3v) is 1.94. The summed E-state index contributed by atoms with van der Waals surface area (Å²) in [6, 6.07) is 6.60. The van der Waals surface area contributed by atoms with Crippen LogP contribution in [0.3, 0.4) is 0 Å². The van der Waals surface area contributed by atoms with E-state index in [9.17, 15) is 13.2 Å². The van der Waals surface area contributed by atoms with E-state index in [0.29, 0.717) is 5.69 Å². The van der Waals surface area contributed by atoms with Gasteiger partial charge >= 0.3 is 6.18 Å². The molecule has 0 unspecified atom stereocenters. The normalized spacial score (nSPS) is 11.4. The second kappa shape index (κ2) is 3.88. The Hall–Kier alpha value is -1.98. The lowest BCUT2D eigenvalue weighted by Crippen LogP contribution is -2.11. The SMILES string of the molecule is FC(F)(F)c1cccc(Nn2cccn2)c1. The van der Waals surface area contributed by atoms with Crippen molar-refractivity contribution in [1.29, 1.82) is 0 Å². The van der Waals surface area contributed by atoms with Crippen molar-refractivity contribution in [2.24, 2.45) is 0 Å². The van der Waals surface area contributed by atoms with Crippen molar-refractivity contribution in [2.75, 3.05) is 5.43 Å². The van der Waals surface area contributed by atoms with Gasteiger partial charge < -0.3 is 0 Å². The molecule has 1 heterocycles. The van der Waals surface area contributed by atoms with Crippen molar-refractivity contribution < 1.29 is 13.2 Å². The molecule has 0 saturated heterocycles. The van der Waals surface area contributed by atoms with E-state index in [4.69, 9.17) is 0 Å². The maximum absolute atomic E-state index is 12.4. The van der Waals surface area contributed by atoms with Crippen LogP contribution in [-0.2, 0) is 6.18 Å². The van der Waals surface area contributed by atoms with Gasteiger partial charge in [-0.25, -0.2) is 0 Å². The van der Waals surface area contributed by atoms with E-state index in [1.54, 1.807) is 12.3 Å². The van der Waals surface area contributed by atoms with Gasteiger partial charge in [0, 0.05) is 6.20 Å². The lowest BCUT2D eigenvalue weighted by atomic mass is 10.2. The summed E-state index contributed by atoms with van der Waals surface area (Å²) in [6.07, 6.45) is -1.21. The quantitative estimate of drug-likeness (QED) is 0.854. The van der Waals surface area contributed by atoms with Crippen molar-refractivity contribution in [3.05, 3.63) is 48.3 Å². The number of rotatable bonds is 2. The molecule has 0 aliphatic carbocycles. The van der Waals surface area contributed by atoms with Gasteiger partial charge in [0.2, 0.25) is 0 Å². The first-order valence-electron chi connectivity index (χ1n) is 4.49. The molecule has 16 heavy (non-hydrogen) atoms. The van der Waals surface area contributed by atoms with Gasteiger partial charge in [-0.3, -0.25) is 5.43 Å². The summed E-state index contributed by atoms with van der Waals surface area (Å²) in [4.78, 5) is 1.33. The van der Waals surface area contributed by atoms with Gasteiger partial charge in [-0.15, -0.1) is 0 Å². The van der Waals surface area contributed by atoms with Crippen LogP contribution in [0.15, 0.2) is 42.7 Å². The molecular formula is C10H8F3N3. The van der Waals surface area contributed by atoms with Gasteiger partial charge in [0.1, 0.15) is 0 Å². The van der Waals surface area contributed by atoms with Crippen LogP contribution in [0.25, 0.3) is 0 Å². The van der Waals surface area contributed by atoms with Crippen LogP contribution in [-0.4, -0.2) is 9.89 Å². The third kappa shape index (κ3) is 2.33. The predicted octanol–water partition coefficient (Wildman–Crippen LogP) is 2.78. The highest BCUT2D eigenvalue weighted by Crippen LogP contribution is 2.30. The molecule has 1 aromatic carbocycles. The fourth-order valence-electron chi connectivity index (χ4n) is 1.23. The maximum Gasteiger partial charge on any atom is 0.416 e. The smallest absolute Gasteiger partial charge is 0.278 e. The zero-order valence-electron chi connectivity index (χ0n) is 8.07. The molecule has 1 aromatic heterocycles. The molecule has 0 amide bonds. The highest BCUT2D eigenvalue weighted by molar-refractivity contribution is 5.45. The van der Waals surface area contributed by atoms with Crippen LogP contribution < -0.4 is 5.43 Å². The zero-order chi connectivity index (χ0) is 11.6. The molecule has 0 radical (unpaired) electrons. The van der Waals surface area contributed by atoms with Crippen molar-refractivity contribution >= 4 is 5.69 Å². The maximum atomic E-state index is 12.4. The van der Waals surface area contributed by atoms with E-state index in [1.165, 1.54) is 23.1 Å². The van der Waals surface area contributed by atoms with Crippen molar-refractivity contribution in [2.45, 2.75) is 6.18 Å². The highest BCUT2D eigenvalue weighted by Gasteiger charge is 2.30. The zero-order valence-corrected chi connectivity index (χ0v) is 8.07.